The molecule has 1 aliphatic carbocycles. The first-order valence-corrected chi connectivity index (χ1v) is 23.3. The van der Waals surface area contributed by atoms with Crippen LogP contribution in [-0.2, 0) is 10.8 Å². The molecule has 0 saturated heterocycles. The molecule has 1 spiro atoms. The Morgan fingerprint density at radius 1 is 0.531 bits per heavy atom. The van der Waals surface area contributed by atoms with E-state index in [2.05, 4.69) is 212 Å². The number of hydrogen-bond donors (Lipinski definition) is 0. The van der Waals surface area contributed by atoms with E-state index in [9.17, 15) is 0 Å². The molecule has 0 amide bonds. The Morgan fingerprint density at radius 2 is 1.20 bits per heavy atom. The summed E-state index contributed by atoms with van der Waals surface area (Å²) < 4.78 is 9.77. The van der Waals surface area contributed by atoms with Crippen LogP contribution in [-0.4, -0.2) is 6.85 Å². The second-order valence-electron chi connectivity index (χ2n) is 19.1. The van der Waals surface area contributed by atoms with Gasteiger partial charge in [0.25, 0.3) is 0 Å². The van der Waals surface area contributed by atoms with Crippen molar-refractivity contribution in [1.82, 2.24) is 0 Å². The van der Waals surface area contributed by atoms with Crippen LogP contribution < -0.4 is 20.6 Å². The van der Waals surface area contributed by atoms with Crippen molar-refractivity contribution in [3.63, 3.8) is 0 Å². The van der Waals surface area contributed by atoms with Crippen molar-refractivity contribution in [2.75, 3.05) is 9.71 Å². The van der Waals surface area contributed by atoms with Crippen LogP contribution in [0.25, 0.3) is 64.4 Å². The Morgan fingerprint density at radius 3 is 1.98 bits per heavy atom. The minimum atomic E-state index is -0.522. The van der Waals surface area contributed by atoms with Gasteiger partial charge in [0, 0.05) is 64.8 Å². The van der Waals surface area contributed by atoms with Gasteiger partial charge in [0.2, 0.25) is 0 Å². The molecule has 0 saturated carbocycles. The highest BCUT2D eigenvalue weighted by molar-refractivity contribution is 7.26. The van der Waals surface area contributed by atoms with E-state index >= 15 is 0 Å². The lowest BCUT2D eigenvalue weighted by molar-refractivity contribution is 0.590. The summed E-state index contributed by atoms with van der Waals surface area (Å²) >= 11 is 1.88. The largest absolute Gasteiger partial charge is 0.455 e. The van der Waals surface area contributed by atoms with Crippen molar-refractivity contribution in [3.05, 3.63) is 210 Å². The van der Waals surface area contributed by atoms with Crippen molar-refractivity contribution in [2.24, 2.45) is 0 Å². The summed E-state index contributed by atoms with van der Waals surface area (Å²) in [5, 5.41) is 4.85. The first kappa shape index (κ1) is 35.2. The van der Waals surface area contributed by atoms with Crippen molar-refractivity contribution < 1.29 is 4.42 Å². The number of anilines is 5. The maximum atomic E-state index is 7.20. The fraction of sp³-hybridized carbons (Fsp3) is 0.0847. The van der Waals surface area contributed by atoms with E-state index in [0.717, 1.165) is 21.9 Å². The van der Waals surface area contributed by atoms with Gasteiger partial charge in [-0.25, -0.2) is 0 Å². The van der Waals surface area contributed by atoms with E-state index in [0.29, 0.717) is 0 Å². The van der Waals surface area contributed by atoms with Gasteiger partial charge < -0.3 is 14.1 Å². The van der Waals surface area contributed by atoms with Crippen molar-refractivity contribution in [2.45, 2.75) is 31.6 Å². The van der Waals surface area contributed by atoms with Gasteiger partial charge in [0.15, 0.2) is 0 Å². The van der Waals surface area contributed by atoms with Crippen LogP contribution in [0.2, 0.25) is 0 Å². The number of fused-ring (bicyclic) bond motifs is 21. The monoisotopic (exact) mass is 834 g/mol. The third-order valence-corrected chi connectivity index (χ3v) is 16.1. The molecule has 0 fully saturated rings. The van der Waals surface area contributed by atoms with Crippen molar-refractivity contribution in [3.8, 4) is 22.3 Å². The van der Waals surface area contributed by atoms with E-state index in [1.54, 1.807) is 0 Å². The highest BCUT2D eigenvalue weighted by Gasteiger charge is 2.56. The second-order valence-corrected chi connectivity index (χ2v) is 20.2. The van der Waals surface area contributed by atoms with Crippen LogP contribution in [0.15, 0.2) is 186 Å². The average Bonchev–Trinajstić information content (AvgIpc) is 3.99. The van der Waals surface area contributed by atoms with Gasteiger partial charge in [-0.3, -0.25) is 0 Å². The maximum absolute atomic E-state index is 7.20. The highest BCUT2D eigenvalue weighted by atomic mass is 32.1. The van der Waals surface area contributed by atoms with Gasteiger partial charge in [0.1, 0.15) is 11.2 Å². The number of thiophene rings is 1. The first-order chi connectivity index (χ1) is 31.4. The van der Waals surface area contributed by atoms with Crippen molar-refractivity contribution >= 4 is 99.7 Å². The highest BCUT2D eigenvalue weighted by Crippen LogP contribution is 2.64. The molecule has 0 bridgehead atoms. The molecule has 11 aromatic rings. The molecule has 3 nitrogen and oxygen atoms in total. The summed E-state index contributed by atoms with van der Waals surface area (Å²) in [5.41, 5.74) is 21.7. The SMILES string of the molecule is CC(C)(C)c1ccc(N2B3c4cccc5c4N(c4ccccc4C54c5ccccc5-c5ccccc54)c4cc5c(oc6ccccc65)c(c43)-c3c2ccc2sc4ccccc4c32)cc1. The molecule has 5 heterocycles. The normalized spacial score (nSPS) is 14.8. The minimum absolute atomic E-state index is 0.0200. The molecule has 3 aliphatic heterocycles. The summed E-state index contributed by atoms with van der Waals surface area (Å²) in [4.78, 5) is 5.31. The van der Waals surface area contributed by atoms with Crippen LogP contribution >= 0.6 is 11.3 Å². The van der Waals surface area contributed by atoms with Gasteiger partial charge in [-0.1, -0.05) is 154 Å². The third kappa shape index (κ3) is 4.15. The molecule has 9 aromatic carbocycles. The number of furan rings is 1. The molecule has 5 heteroatoms. The Kier molecular flexibility index (Phi) is 6.60. The smallest absolute Gasteiger partial charge is 0.333 e. The topological polar surface area (TPSA) is 19.6 Å². The second kappa shape index (κ2) is 12.0. The Balaban J connectivity index is 1.15. The average molecular weight is 835 g/mol. The van der Waals surface area contributed by atoms with E-state index < -0.39 is 5.41 Å². The van der Waals surface area contributed by atoms with Crippen LogP contribution in [0.1, 0.15) is 48.6 Å². The van der Waals surface area contributed by atoms with E-state index in [1.165, 1.54) is 110 Å². The fourth-order valence-corrected chi connectivity index (χ4v) is 13.6. The molecule has 0 N–H and O–H groups in total. The third-order valence-electron chi connectivity index (χ3n) is 15.0. The van der Waals surface area contributed by atoms with E-state index in [-0.39, 0.29) is 12.3 Å². The van der Waals surface area contributed by atoms with Gasteiger partial charge >= 0.3 is 6.85 Å². The zero-order chi connectivity index (χ0) is 42.2. The van der Waals surface area contributed by atoms with Crippen LogP contribution in [0.3, 0.4) is 0 Å². The maximum Gasteiger partial charge on any atom is 0.333 e. The van der Waals surface area contributed by atoms with Crippen LogP contribution in [0.5, 0.6) is 0 Å². The lowest BCUT2D eigenvalue weighted by Gasteiger charge is -2.51. The summed E-state index contributed by atoms with van der Waals surface area (Å²) in [7, 11) is 0. The molecule has 300 valence electrons. The predicted octanol–water partition coefficient (Wildman–Crippen LogP) is 14.6. The van der Waals surface area contributed by atoms with Gasteiger partial charge in [0.05, 0.1) is 11.1 Å². The van der Waals surface area contributed by atoms with Gasteiger partial charge in [-0.15, -0.1) is 11.3 Å². The van der Waals surface area contributed by atoms with Crippen molar-refractivity contribution in [1.29, 1.82) is 0 Å². The Hall–Kier alpha value is -7.34. The summed E-state index contributed by atoms with van der Waals surface area (Å²) in [6.07, 6.45) is 0. The molecule has 2 aromatic heterocycles. The predicted molar refractivity (Wildman–Crippen MR) is 270 cm³/mol. The lowest BCUT2D eigenvalue weighted by Crippen LogP contribution is -2.62. The summed E-state index contributed by atoms with van der Waals surface area (Å²) in [5.74, 6) is 0. The standard InChI is InChI=1S/C59H39BN2OS/c1-58(2,3)34-27-29-35(30-28-34)62-47-31-32-51-52(39-18-7-13-26-50(39)64-51)53(47)54-55-48(33-40-38-17-6-12-25-49(38)63-57(40)54)61-46-24-11-10-21-43(46)59(44-22-14-23-45(56(44)61)60(55)62)41-19-8-4-15-36(41)37-16-5-9-20-42(37)59/h4-33H,1-3H3. The lowest BCUT2D eigenvalue weighted by atomic mass is 9.42. The number of hydrogen-bond acceptors (Lipinski definition) is 4. The minimum Gasteiger partial charge on any atom is -0.455 e. The molecular weight excluding hydrogens is 796 g/mol. The van der Waals surface area contributed by atoms with E-state index in [1.807, 2.05) is 11.3 Å². The summed E-state index contributed by atoms with van der Waals surface area (Å²) in [6, 6.07) is 68.9. The number of para-hydroxylation sites is 3. The molecule has 4 aliphatic rings. The summed E-state index contributed by atoms with van der Waals surface area (Å²) in [6.45, 7) is 6.74. The molecule has 15 rings (SSSR count). The first-order valence-electron chi connectivity index (χ1n) is 22.5. The molecule has 0 unspecified atom stereocenters. The molecule has 64 heavy (non-hydrogen) atoms. The number of nitrogens with zero attached hydrogens (tertiary/aromatic N) is 2. The van der Waals surface area contributed by atoms with Gasteiger partial charge in [-0.05, 0) is 104 Å². The number of rotatable bonds is 1. The zero-order valence-electron chi connectivity index (χ0n) is 35.6. The molecular formula is C59H39BN2OS. The Bertz CT molecular complexity index is 3820. The van der Waals surface area contributed by atoms with E-state index in [4.69, 9.17) is 4.42 Å². The molecule has 0 atom stereocenters. The fourth-order valence-electron chi connectivity index (χ4n) is 12.5. The molecule has 0 radical (unpaired) electrons. The number of benzene rings is 9. The van der Waals surface area contributed by atoms with Gasteiger partial charge in [-0.2, -0.15) is 0 Å². The zero-order valence-corrected chi connectivity index (χ0v) is 36.4. The Labute approximate surface area is 375 Å². The van der Waals surface area contributed by atoms with Crippen LogP contribution in [0, 0.1) is 0 Å². The van der Waals surface area contributed by atoms with Crippen LogP contribution in [0.4, 0.5) is 28.4 Å². The quantitative estimate of drug-likeness (QED) is 0.154.